The first kappa shape index (κ1) is 6.67. The number of halogens is 1. The quantitative estimate of drug-likeness (QED) is 0.731. The zero-order valence-electron chi connectivity index (χ0n) is 5.41. The molecule has 0 saturated carbocycles. The molecule has 4 heteroatoms. The van der Waals surface area contributed by atoms with E-state index in [1.165, 1.54) is 0 Å². The zero-order valence-corrected chi connectivity index (χ0v) is 7.00. The fourth-order valence-corrected chi connectivity index (χ4v) is 1.41. The summed E-state index contributed by atoms with van der Waals surface area (Å²) in [5, 5.41) is 13.6. The summed E-state index contributed by atoms with van der Waals surface area (Å²) in [6.07, 6.45) is 0. The molecule has 0 fully saturated rings. The van der Waals surface area contributed by atoms with Crippen LogP contribution in [0.4, 0.5) is 0 Å². The van der Waals surface area contributed by atoms with E-state index in [4.69, 9.17) is 4.52 Å². The van der Waals surface area contributed by atoms with Crippen molar-refractivity contribution in [3.05, 3.63) is 22.8 Å². The third kappa shape index (κ3) is 0.903. The Morgan fingerprint density at radius 1 is 1.45 bits per heavy atom. The molecule has 1 aromatic heterocycles. The summed E-state index contributed by atoms with van der Waals surface area (Å²) in [7, 11) is 0. The number of nitrogens with zero attached hydrogens (tertiary/aromatic N) is 1. The molecular formula is C7H4BrNO2. The Morgan fingerprint density at radius 2 is 2.27 bits per heavy atom. The van der Waals surface area contributed by atoms with E-state index in [-0.39, 0.29) is 5.75 Å². The van der Waals surface area contributed by atoms with E-state index < -0.39 is 0 Å². The minimum absolute atomic E-state index is 0.177. The van der Waals surface area contributed by atoms with Crippen LogP contribution in [0.5, 0.6) is 5.75 Å². The molecule has 0 unspecified atom stereocenters. The number of benzene rings is 1. The molecule has 2 aromatic rings. The second kappa shape index (κ2) is 2.23. The third-order valence-corrected chi connectivity index (χ3v) is 1.98. The first-order valence-electron chi connectivity index (χ1n) is 3.02. The van der Waals surface area contributed by atoms with Crippen LogP contribution in [0.25, 0.3) is 11.0 Å². The Bertz CT molecular complexity index is 396. The van der Waals surface area contributed by atoms with Gasteiger partial charge in [-0.1, -0.05) is 11.2 Å². The summed E-state index contributed by atoms with van der Waals surface area (Å²) in [6, 6.07) is 5.03. The van der Waals surface area contributed by atoms with Gasteiger partial charge < -0.3 is 9.63 Å². The fourth-order valence-electron chi connectivity index (χ4n) is 0.938. The van der Waals surface area contributed by atoms with Gasteiger partial charge in [0, 0.05) is 0 Å². The number of hydrogen-bond acceptors (Lipinski definition) is 3. The van der Waals surface area contributed by atoms with Gasteiger partial charge in [0.05, 0.1) is 5.39 Å². The van der Waals surface area contributed by atoms with Gasteiger partial charge in [-0.2, -0.15) is 0 Å². The van der Waals surface area contributed by atoms with Crippen LogP contribution in [0.1, 0.15) is 0 Å². The first-order chi connectivity index (χ1) is 5.29. The predicted octanol–water partition coefficient (Wildman–Crippen LogP) is 2.30. The maximum absolute atomic E-state index is 9.31. The van der Waals surface area contributed by atoms with Crippen molar-refractivity contribution < 1.29 is 9.63 Å². The zero-order chi connectivity index (χ0) is 7.84. The third-order valence-electron chi connectivity index (χ3n) is 1.43. The lowest BCUT2D eigenvalue weighted by molar-refractivity contribution is 0.451. The van der Waals surface area contributed by atoms with Gasteiger partial charge in [0.25, 0.3) is 0 Å². The maximum Gasteiger partial charge on any atom is 0.171 e. The van der Waals surface area contributed by atoms with E-state index in [2.05, 4.69) is 21.1 Å². The van der Waals surface area contributed by atoms with Crippen LogP contribution in [-0.2, 0) is 0 Å². The molecule has 0 bridgehead atoms. The molecule has 3 nitrogen and oxygen atoms in total. The Morgan fingerprint density at radius 3 is 3.00 bits per heavy atom. The van der Waals surface area contributed by atoms with Crippen molar-refractivity contribution in [3.8, 4) is 5.75 Å². The summed E-state index contributed by atoms with van der Waals surface area (Å²) >= 11 is 3.15. The van der Waals surface area contributed by atoms with Crippen LogP contribution in [-0.4, -0.2) is 10.3 Å². The van der Waals surface area contributed by atoms with Gasteiger partial charge in [-0.15, -0.1) is 0 Å². The fraction of sp³-hybridized carbons (Fsp3) is 0. The Labute approximate surface area is 70.7 Å². The van der Waals surface area contributed by atoms with Crippen molar-refractivity contribution in [3.63, 3.8) is 0 Å². The van der Waals surface area contributed by atoms with Gasteiger partial charge >= 0.3 is 0 Å². The summed E-state index contributed by atoms with van der Waals surface area (Å²) in [6.45, 7) is 0. The van der Waals surface area contributed by atoms with E-state index in [0.29, 0.717) is 15.6 Å². The highest BCUT2D eigenvalue weighted by Gasteiger charge is 2.08. The smallest absolute Gasteiger partial charge is 0.171 e. The Hall–Kier alpha value is -1.03. The van der Waals surface area contributed by atoms with Gasteiger partial charge in [-0.25, -0.2) is 0 Å². The van der Waals surface area contributed by atoms with Crippen LogP contribution >= 0.6 is 15.9 Å². The molecule has 0 spiro atoms. The van der Waals surface area contributed by atoms with Crippen molar-refractivity contribution in [2.45, 2.75) is 0 Å². The Balaban J connectivity index is 2.96. The predicted molar refractivity (Wildman–Crippen MR) is 43.4 cm³/mol. The highest BCUT2D eigenvalue weighted by atomic mass is 79.9. The van der Waals surface area contributed by atoms with Crippen molar-refractivity contribution in [1.29, 1.82) is 0 Å². The summed E-state index contributed by atoms with van der Waals surface area (Å²) in [5.41, 5.74) is 0.580. The molecule has 1 heterocycles. The maximum atomic E-state index is 9.31. The molecule has 0 radical (unpaired) electrons. The number of rotatable bonds is 0. The lowest BCUT2D eigenvalue weighted by atomic mass is 10.2. The normalized spacial score (nSPS) is 10.6. The molecule has 1 aromatic carbocycles. The second-order valence-electron chi connectivity index (χ2n) is 2.12. The lowest BCUT2D eigenvalue weighted by Gasteiger charge is -1.89. The van der Waals surface area contributed by atoms with Crippen molar-refractivity contribution in [1.82, 2.24) is 5.16 Å². The molecule has 0 amide bonds. The van der Waals surface area contributed by atoms with E-state index in [1.54, 1.807) is 18.2 Å². The topological polar surface area (TPSA) is 46.3 Å². The van der Waals surface area contributed by atoms with Crippen molar-refractivity contribution in [2.75, 3.05) is 0 Å². The van der Waals surface area contributed by atoms with Crippen molar-refractivity contribution >= 4 is 26.9 Å². The number of hydrogen-bond donors (Lipinski definition) is 1. The molecule has 0 aliphatic rings. The number of fused-ring (bicyclic) bond motifs is 1. The highest BCUT2D eigenvalue weighted by Crippen LogP contribution is 2.30. The summed E-state index contributed by atoms with van der Waals surface area (Å²) < 4.78 is 5.41. The van der Waals surface area contributed by atoms with Crippen LogP contribution in [0.2, 0.25) is 0 Å². The van der Waals surface area contributed by atoms with E-state index >= 15 is 0 Å². The lowest BCUT2D eigenvalue weighted by Crippen LogP contribution is -1.66. The van der Waals surface area contributed by atoms with E-state index in [9.17, 15) is 5.11 Å². The number of phenolic OH excluding ortho intramolecular Hbond substituents is 1. The van der Waals surface area contributed by atoms with Crippen LogP contribution in [0.15, 0.2) is 27.3 Å². The van der Waals surface area contributed by atoms with Crippen LogP contribution in [0, 0.1) is 0 Å². The molecule has 1 N–H and O–H groups in total. The molecule has 2 rings (SSSR count). The minimum atomic E-state index is 0.177. The monoisotopic (exact) mass is 213 g/mol. The van der Waals surface area contributed by atoms with Gasteiger partial charge in [0.1, 0.15) is 5.75 Å². The Kier molecular flexibility index (Phi) is 1.35. The van der Waals surface area contributed by atoms with Crippen LogP contribution < -0.4 is 0 Å². The summed E-state index contributed by atoms with van der Waals surface area (Å²) in [4.78, 5) is 0. The van der Waals surface area contributed by atoms with Gasteiger partial charge in [-0.05, 0) is 28.1 Å². The molecular weight excluding hydrogens is 210 g/mol. The molecule has 0 saturated heterocycles. The van der Waals surface area contributed by atoms with Gasteiger partial charge in [0.2, 0.25) is 0 Å². The molecule has 0 atom stereocenters. The summed E-state index contributed by atoms with van der Waals surface area (Å²) in [5.74, 6) is 0.177. The van der Waals surface area contributed by atoms with Gasteiger partial charge in [-0.3, -0.25) is 0 Å². The average Bonchev–Trinajstić information content (AvgIpc) is 2.34. The number of aromatic hydroxyl groups is 1. The van der Waals surface area contributed by atoms with E-state index in [0.717, 1.165) is 0 Å². The standard InChI is InChI=1S/C7H4BrNO2/c8-7-6-4(10)2-1-3-5(6)11-9-7/h1-3,10H. The highest BCUT2D eigenvalue weighted by molar-refractivity contribution is 9.10. The number of phenols is 1. The molecule has 11 heavy (non-hydrogen) atoms. The van der Waals surface area contributed by atoms with Crippen molar-refractivity contribution in [2.24, 2.45) is 0 Å². The largest absolute Gasteiger partial charge is 0.507 e. The molecule has 0 aliphatic heterocycles. The average molecular weight is 214 g/mol. The van der Waals surface area contributed by atoms with Crippen LogP contribution in [0.3, 0.4) is 0 Å². The van der Waals surface area contributed by atoms with E-state index in [1.807, 2.05) is 0 Å². The first-order valence-corrected chi connectivity index (χ1v) is 3.81. The number of aromatic nitrogens is 1. The SMILES string of the molecule is Oc1cccc2onc(Br)c12. The minimum Gasteiger partial charge on any atom is -0.507 e. The molecule has 0 aliphatic carbocycles. The van der Waals surface area contributed by atoms with Gasteiger partial charge in [0.15, 0.2) is 10.2 Å². The molecule has 56 valence electrons. The second-order valence-corrected chi connectivity index (χ2v) is 2.87.